The minimum Gasteiger partial charge on any atom is -0.388 e. The molecule has 0 amide bonds. The van der Waals surface area contributed by atoms with Gasteiger partial charge < -0.3 is 14.6 Å². The van der Waals surface area contributed by atoms with E-state index in [1.54, 1.807) is 0 Å². The van der Waals surface area contributed by atoms with Crippen molar-refractivity contribution in [2.75, 3.05) is 20.1 Å². The van der Waals surface area contributed by atoms with Gasteiger partial charge in [-0.05, 0) is 58.7 Å². The van der Waals surface area contributed by atoms with E-state index in [-0.39, 0.29) is 6.10 Å². The van der Waals surface area contributed by atoms with Crippen LogP contribution in [0.15, 0.2) is 6.07 Å². The molecule has 3 rings (SSSR count). The van der Waals surface area contributed by atoms with Crippen LogP contribution >= 0.6 is 0 Å². The number of hydrogen-bond donors (Lipinski definition) is 1. The fourth-order valence-corrected chi connectivity index (χ4v) is 3.76. The summed E-state index contributed by atoms with van der Waals surface area (Å²) in [5, 5.41) is 10.1. The van der Waals surface area contributed by atoms with E-state index in [0.29, 0.717) is 6.04 Å². The van der Waals surface area contributed by atoms with Gasteiger partial charge in [-0.1, -0.05) is 0 Å². The number of hydrogen-bond acceptors (Lipinski definition) is 2. The summed E-state index contributed by atoms with van der Waals surface area (Å²) in [6.07, 6.45) is 5.54. The summed E-state index contributed by atoms with van der Waals surface area (Å²) >= 11 is 0. The molecule has 100 valence electrons. The van der Waals surface area contributed by atoms with Crippen molar-refractivity contribution in [3.05, 3.63) is 23.0 Å². The zero-order valence-corrected chi connectivity index (χ0v) is 11.5. The van der Waals surface area contributed by atoms with Gasteiger partial charge in [-0.3, -0.25) is 0 Å². The Kier molecular flexibility index (Phi) is 3.20. The molecule has 2 unspecified atom stereocenters. The van der Waals surface area contributed by atoms with E-state index in [1.807, 2.05) is 0 Å². The van der Waals surface area contributed by atoms with E-state index in [0.717, 1.165) is 25.8 Å². The summed E-state index contributed by atoms with van der Waals surface area (Å²) in [6.45, 7) is 4.57. The highest BCUT2D eigenvalue weighted by Gasteiger charge is 2.27. The van der Waals surface area contributed by atoms with Crippen LogP contribution in [0.2, 0.25) is 0 Å². The molecule has 1 fully saturated rings. The molecular weight excluding hydrogens is 224 g/mol. The van der Waals surface area contributed by atoms with Gasteiger partial charge in [0.2, 0.25) is 0 Å². The van der Waals surface area contributed by atoms with Gasteiger partial charge in [0.25, 0.3) is 0 Å². The normalized spacial score (nSPS) is 29.3. The number of likely N-dealkylation sites (tertiary alicyclic amines) is 1. The summed E-state index contributed by atoms with van der Waals surface area (Å²) < 4.78 is 2.52. The predicted molar refractivity (Wildman–Crippen MR) is 72.8 cm³/mol. The van der Waals surface area contributed by atoms with Crippen LogP contribution in [-0.4, -0.2) is 34.7 Å². The Hall–Kier alpha value is -0.800. The fraction of sp³-hybridized carbons (Fsp3) is 0.733. The smallest absolute Gasteiger partial charge is 0.0807 e. The first-order valence-electron chi connectivity index (χ1n) is 7.24. The Bertz CT molecular complexity index is 438. The molecule has 0 spiro atoms. The Labute approximate surface area is 109 Å². The molecule has 0 aromatic carbocycles. The summed E-state index contributed by atoms with van der Waals surface area (Å²) in [5.41, 5.74) is 3.94. The van der Waals surface area contributed by atoms with Crippen LogP contribution in [0, 0.1) is 6.92 Å². The van der Waals surface area contributed by atoms with Crippen LogP contribution in [0.25, 0.3) is 0 Å². The van der Waals surface area contributed by atoms with Gasteiger partial charge in [0.15, 0.2) is 0 Å². The lowest BCUT2D eigenvalue weighted by molar-refractivity contribution is 0.153. The third-order valence-electron chi connectivity index (χ3n) is 4.58. The minimum absolute atomic E-state index is 0.227. The predicted octanol–water partition coefficient (Wildman–Crippen LogP) is 2.43. The zero-order chi connectivity index (χ0) is 12.7. The van der Waals surface area contributed by atoms with Crippen molar-refractivity contribution in [2.45, 2.75) is 51.2 Å². The molecule has 3 nitrogen and oxygen atoms in total. The van der Waals surface area contributed by atoms with Crippen molar-refractivity contribution in [2.24, 2.45) is 0 Å². The molecule has 2 atom stereocenters. The van der Waals surface area contributed by atoms with Gasteiger partial charge in [0, 0.05) is 29.5 Å². The molecule has 1 aromatic heterocycles. The molecular formula is C15H24N2O. The maximum absolute atomic E-state index is 10.1. The second-order valence-corrected chi connectivity index (χ2v) is 6.02. The first-order valence-corrected chi connectivity index (χ1v) is 7.24. The summed E-state index contributed by atoms with van der Waals surface area (Å²) in [4.78, 5) is 2.43. The Morgan fingerprint density at radius 3 is 2.89 bits per heavy atom. The van der Waals surface area contributed by atoms with Crippen LogP contribution in [0.3, 0.4) is 0 Å². The monoisotopic (exact) mass is 248 g/mol. The molecule has 1 saturated heterocycles. The van der Waals surface area contributed by atoms with Gasteiger partial charge in [-0.25, -0.2) is 0 Å². The van der Waals surface area contributed by atoms with E-state index in [2.05, 4.69) is 29.5 Å². The number of piperidine rings is 1. The van der Waals surface area contributed by atoms with E-state index in [9.17, 15) is 5.11 Å². The first kappa shape index (κ1) is 12.2. The molecule has 3 heteroatoms. The van der Waals surface area contributed by atoms with Crippen molar-refractivity contribution < 1.29 is 5.11 Å². The van der Waals surface area contributed by atoms with Crippen LogP contribution in [0.4, 0.5) is 0 Å². The van der Waals surface area contributed by atoms with Crippen LogP contribution in [0.1, 0.15) is 54.8 Å². The average Bonchev–Trinajstić information content (AvgIpc) is 2.67. The van der Waals surface area contributed by atoms with E-state index in [1.165, 1.54) is 36.3 Å². The second-order valence-electron chi connectivity index (χ2n) is 6.02. The Morgan fingerprint density at radius 2 is 2.11 bits per heavy atom. The van der Waals surface area contributed by atoms with Crippen molar-refractivity contribution in [1.82, 2.24) is 9.47 Å². The van der Waals surface area contributed by atoms with Gasteiger partial charge in [-0.2, -0.15) is 0 Å². The van der Waals surface area contributed by atoms with Crippen molar-refractivity contribution in [1.29, 1.82) is 0 Å². The van der Waals surface area contributed by atoms with Crippen LogP contribution < -0.4 is 0 Å². The van der Waals surface area contributed by atoms with Crippen molar-refractivity contribution in [3.8, 4) is 0 Å². The number of fused-ring (bicyclic) bond motifs is 1. The summed E-state index contributed by atoms with van der Waals surface area (Å²) in [7, 11) is 2.21. The number of aliphatic hydroxyl groups is 1. The molecule has 0 bridgehead atoms. The second kappa shape index (κ2) is 4.71. The van der Waals surface area contributed by atoms with E-state index >= 15 is 0 Å². The molecule has 1 aliphatic heterocycles. The van der Waals surface area contributed by atoms with Gasteiger partial charge in [0.1, 0.15) is 0 Å². The molecule has 1 aromatic rings. The van der Waals surface area contributed by atoms with E-state index < -0.39 is 0 Å². The molecule has 1 N–H and O–H groups in total. The maximum atomic E-state index is 10.1. The fourth-order valence-electron chi connectivity index (χ4n) is 3.76. The molecule has 2 heterocycles. The minimum atomic E-state index is -0.227. The molecule has 1 aliphatic carbocycles. The van der Waals surface area contributed by atoms with Crippen LogP contribution in [0.5, 0.6) is 0 Å². The number of nitrogens with zero attached hydrogens (tertiary/aromatic N) is 2. The molecule has 2 aliphatic rings. The highest BCUT2D eigenvalue weighted by Crippen LogP contribution is 2.35. The Balaban J connectivity index is 1.96. The number of aromatic nitrogens is 1. The lowest BCUT2D eigenvalue weighted by Gasteiger charge is -2.33. The lowest BCUT2D eigenvalue weighted by Crippen LogP contribution is -2.34. The summed E-state index contributed by atoms with van der Waals surface area (Å²) in [5.74, 6) is 0. The summed E-state index contributed by atoms with van der Waals surface area (Å²) in [6, 6.07) is 2.83. The van der Waals surface area contributed by atoms with Crippen LogP contribution in [-0.2, 0) is 6.42 Å². The highest BCUT2D eigenvalue weighted by atomic mass is 16.3. The third-order valence-corrected chi connectivity index (χ3v) is 4.58. The first-order chi connectivity index (χ1) is 8.66. The highest BCUT2D eigenvalue weighted by molar-refractivity contribution is 5.32. The maximum Gasteiger partial charge on any atom is 0.0807 e. The van der Waals surface area contributed by atoms with Gasteiger partial charge in [0.05, 0.1) is 6.10 Å². The third kappa shape index (κ3) is 1.99. The lowest BCUT2D eigenvalue weighted by atomic mass is 9.94. The number of likely N-dealkylation sites (N-methyl/N-ethyl adjacent to an activating group) is 1. The largest absolute Gasteiger partial charge is 0.388 e. The molecule has 0 saturated carbocycles. The molecule has 18 heavy (non-hydrogen) atoms. The van der Waals surface area contributed by atoms with Crippen molar-refractivity contribution in [3.63, 3.8) is 0 Å². The van der Waals surface area contributed by atoms with Gasteiger partial charge >= 0.3 is 0 Å². The SMILES string of the molecule is Cc1cc2c(n1C1CCCN(C)C1)CCCC2O. The van der Waals surface area contributed by atoms with Gasteiger partial charge in [-0.15, -0.1) is 0 Å². The van der Waals surface area contributed by atoms with E-state index in [4.69, 9.17) is 0 Å². The average molecular weight is 248 g/mol. The standard InChI is InChI=1S/C15H24N2O/c1-11-9-13-14(6-3-7-15(13)18)17(11)12-5-4-8-16(2)10-12/h9,12,15,18H,3-8,10H2,1-2H3. The van der Waals surface area contributed by atoms with Crippen molar-refractivity contribution >= 4 is 0 Å². The Morgan fingerprint density at radius 1 is 1.28 bits per heavy atom. The topological polar surface area (TPSA) is 28.4 Å². The quantitative estimate of drug-likeness (QED) is 0.827. The molecule has 0 radical (unpaired) electrons. The zero-order valence-electron chi connectivity index (χ0n) is 11.5. The number of rotatable bonds is 1. The number of aryl methyl sites for hydroxylation is 1. The number of aliphatic hydroxyl groups excluding tert-OH is 1.